The highest BCUT2D eigenvalue weighted by molar-refractivity contribution is 4.83. The first-order chi connectivity index (χ1) is 6.51. The molecule has 0 saturated carbocycles. The lowest BCUT2D eigenvalue weighted by molar-refractivity contribution is -0.124. The van der Waals surface area contributed by atoms with E-state index in [0.29, 0.717) is 6.54 Å². The van der Waals surface area contributed by atoms with Crippen molar-refractivity contribution in [3.05, 3.63) is 0 Å². The molecular formula is C8H15F3N2O. The Morgan fingerprint density at radius 2 is 2.21 bits per heavy atom. The monoisotopic (exact) mass is 212 g/mol. The van der Waals surface area contributed by atoms with Crippen molar-refractivity contribution in [3.63, 3.8) is 0 Å². The van der Waals surface area contributed by atoms with Gasteiger partial charge in [0.1, 0.15) is 0 Å². The van der Waals surface area contributed by atoms with E-state index < -0.39 is 12.7 Å². The summed E-state index contributed by atoms with van der Waals surface area (Å²) in [6.45, 7) is 0.122. The van der Waals surface area contributed by atoms with E-state index in [-0.39, 0.29) is 12.1 Å². The molecule has 0 bridgehead atoms. The Morgan fingerprint density at radius 3 is 2.71 bits per heavy atom. The van der Waals surface area contributed by atoms with E-state index in [9.17, 15) is 13.2 Å². The van der Waals surface area contributed by atoms with Gasteiger partial charge in [0, 0.05) is 26.2 Å². The molecule has 2 unspecified atom stereocenters. The maximum absolute atomic E-state index is 11.8. The molecule has 1 saturated heterocycles. The van der Waals surface area contributed by atoms with Crippen molar-refractivity contribution < 1.29 is 17.9 Å². The molecule has 0 amide bonds. The third-order valence-electron chi connectivity index (χ3n) is 2.23. The molecule has 1 rings (SSSR count). The Labute approximate surface area is 81.0 Å². The van der Waals surface area contributed by atoms with Crippen LogP contribution in [-0.2, 0) is 4.74 Å². The molecule has 1 aliphatic rings. The van der Waals surface area contributed by atoms with Gasteiger partial charge in [0.05, 0.1) is 12.6 Å². The average Bonchev–Trinajstić information content (AvgIpc) is 2.50. The van der Waals surface area contributed by atoms with Crippen molar-refractivity contribution in [1.29, 1.82) is 0 Å². The third kappa shape index (κ3) is 4.26. The minimum atomic E-state index is -4.13. The molecule has 0 aromatic carbocycles. The van der Waals surface area contributed by atoms with Gasteiger partial charge in [0.2, 0.25) is 0 Å². The normalized spacial score (nSPS) is 28.3. The molecule has 1 heterocycles. The molecule has 0 spiro atoms. The largest absolute Gasteiger partial charge is 0.401 e. The topological polar surface area (TPSA) is 33.3 Å². The van der Waals surface area contributed by atoms with E-state index in [1.165, 1.54) is 0 Å². The van der Waals surface area contributed by atoms with Crippen LogP contribution in [0.3, 0.4) is 0 Å². The SMILES string of the molecule is COC1CNC(CNCC(F)(F)F)C1. The lowest BCUT2D eigenvalue weighted by Crippen LogP contribution is -2.38. The van der Waals surface area contributed by atoms with Crippen LogP contribution < -0.4 is 10.6 Å². The quantitative estimate of drug-likeness (QED) is 0.712. The minimum absolute atomic E-state index is 0.0855. The summed E-state index contributed by atoms with van der Waals surface area (Å²) in [6.07, 6.45) is -3.23. The van der Waals surface area contributed by atoms with Crippen LogP contribution in [0.2, 0.25) is 0 Å². The second-order valence-electron chi connectivity index (χ2n) is 3.44. The predicted octanol–water partition coefficient (Wildman–Crippen LogP) is 0.515. The first-order valence-electron chi connectivity index (χ1n) is 4.55. The van der Waals surface area contributed by atoms with Gasteiger partial charge in [-0.15, -0.1) is 0 Å². The first kappa shape index (κ1) is 11.7. The van der Waals surface area contributed by atoms with Crippen LogP contribution in [0.15, 0.2) is 0 Å². The van der Waals surface area contributed by atoms with Gasteiger partial charge in [0.15, 0.2) is 0 Å². The molecule has 0 aliphatic carbocycles. The molecule has 0 aromatic rings. The van der Waals surface area contributed by atoms with Gasteiger partial charge in [-0.25, -0.2) is 0 Å². The first-order valence-corrected chi connectivity index (χ1v) is 4.55. The number of alkyl halides is 3. The molecule has 1 aliphatic heterocycles. The maximum Gasteiger partial charge on any atom is 0.401 e. The number of halogens is 3. The highest BCUT2D eigenvalue weighted by atomic mass is 19.4. The van der Waals surface area contributed by atoms with E-state index in [2.05, 4.69) is 10.6 Å². The summed E-state index contributed by atoms with van der Waals surface area (Å²) >= 11 is 0. The lowest BCUT2D eigenvalue weighted by Gasteiger charge is -2.12. The third-order valence-corrected chi connectivity index (χ3v) is 2.23. The zero-order valence-corrected chi connectivity index (χ0v) is 8.03. The zero-order valence-electron chi connectivity index (χ0n) is 8.03. The van der Waals surface area contributed by atoms with Gasteiger partial charge >= 0.3 is 6.18 Å². The summed E-state index contributed by atoms with van der Waals surface area (Å²) < 4.78 is 40.4. The van der Waals surface area contributed by atoms with Crippen molar-refractivity contribution in [3.8, 4) is 0 Å². The van der Waals surface area contributed by atoms with E-state index >= 15 is 0 Å². The fourth-order valence-corrected chi connectivity index (χ4v) is 1.51. The Balaban J connectivity index is 2.09. The standard InChI is InChI=1S/C8H15F3N2O/c1-14-7-2-6(13-4-7)3-12-5-8(9,10)11/h6-7,12-13H,2-5H2,1H3. The lowest BCUT2D eigenvalue weighted by atomic mass is 10.2. The Hall–Kier alpha value is -0.330. The molecule has 14 heavy (non-hydrogen) atoms. The Bertz CT molecular complexity index is 174. The number of rotatable bonds is 4. The van der Waals surface area contributed by atoms with Gasteiger partial charge in [-0.1, -0.05) is 0 Å². The molecular weight excluding hydrogens is 197 g/mol. The minimum Gasteiger partial charge on any atom is -0.380 e. The van der Waals surface area contributed by atoms with Crippen molar-refractivity contribution in [1.82, 2.24) is 10.6 Å². The summed E-state index contributed by atoms with van der Waals surface area (Å²) in [5.74, 6) is 0. The summed E-state index contributed by atoms with van der Waals surface area (Å²) in [6, 6.07) is 0.0855. The molecule has 1 fully saturated rings. The summed E-state index contributed by atoms with van der Waals surface area (Å²) in [5, 5.41) is 5.46. The number of nitrogens with one attached hydrogen (secondary N) is 2. The van der Waals surface area contributed by atoms with Crippen LogP contribution in [0, 0.1) is 0 Å². The van der Waals surface area contributed by atoms with Crippen molar-refractivity contribution in [2.24, 2.45) is 0 Å². The van der Waals surface area contributed by atoms with Crippen molar-refractivity contribution >= 4 is 0 Å². The van der Waals surface area contributed by atoms with Gasteiger partial charge in [-0.3, -0.25) is 0 Å². The van der Waals surface area contributed by atoms with Gasteiger partial charge < -0.3 is 15.4 Å². The summed E-state index contributed by atoms with van der Waals surface area (Å²) in [4.78, 5) is 0. The van der Waals surface area contributed by atoms with E-state index in [1.54, 1.807) is 7.11 Å². The van der Waals surface area contributed by atoms with E-state index in [0.717, 1.165) is 13.0 Å². The van der Waals surface area contributed by atoms with Gasteiger partial charge in [-0.05, 0) is 6.42 Å². The molecule has 2 atom stereocenters. The predicted molar refractivity (Wildman–Crippen MR) is 46.1 cm³/mol. The fraction of sp³-hybridized carbons (Fsp3) is 1.00. The number of methoxy groups -OCH3 is 1. The second kappa shape index (κ2) is 4.95. The van der Waals surface area contributed by atoms with Crippen molar-refractivity contribution in [2.75, 3.05) is 26.7 Å². The van der Waals surface area contributed by atoms with E-state index in [4.69, 9.17) is 4.74 Å². The fourth-order valence-electron chi connectivity index (χ4n) is 1.51. The number of hydrogen-bond donors (Lipinski definition) is 2. The summed E-state index contributed by atoms with van der Waals surface area (Å²) in [7, 11) is 1.61. The Morgan fingerprint density at radius 1 is 1.50 bits per heavy atom. The van der Waals surface area contributed by atoms with Crippen LogP contribution in [-0.4, -0.2) is 45.1 Å². The van der Waals surface area contributed by atoms with Crippen LogP contribution in [0.1, 0.15) is 6.42 Å². The average molecular weight is 212 g/mol. The zero-order chi connectivity index (χ0) is 10.6. The number of hydrogen-bond acceptors (Lipinski definition) is 3. The van der Waals surface area contributed by atoms with Gasteiger partial charge in [0.25, 0.3) is 0 Å². The summed E-state index contributed by atoms with van der Waals surface area (Å²) in [5.41, 5.74) is 0. The molecule has 0 radical (unpaired) electrons. The van der Waals surface area contributed by atoms with Crippen LogP contribution in [0.25, 0.3) is 0 Å². The molecule has 6 heteroatoms. The second-order valence-corrected chi connectivity index (χ2v) is 3.44. The van der Waals surface area contributed by atoms with Crippen molar-refractivity contribution in [2.45, 2.75) is 24.7 Å². The van der Waals surface area contributed by atoms with Gasteiger partial charge in [-0.2, -0.15) is 13.2 Å². The molecule has 3 nitrogen and oxygen atoms in total. The molecule has 2 N–H and O–H groups in total. The maximum atomic E-state index is 11.8. The van der Waals surface area contributed by atoms with Crippen LogP contribution in [0.5, 0.6) is 0 Å². The van der Waals surface area contributed by atoms with Crippen LogP contribution in [0.4, 0.5) is 13.2 Å². The van der Waals surface area contributed by atoms with Crippen LogP contribution >= 0.6 is 0 Å². The smallest absolute Gasteiger partial charge is 0.380 e. The highest BCUT2D eigenvalue weighted by Crippen LogP contribution is 2.13. The molecule has 84 valence electrons. The highest BCUT2D eigenvalue weighted by Gasteiger charge is 2.28. The van der Waals surface area contributed by atoms with E-state index in [1.807, 2.05) is 0 Å². The Kier molecular flexibility index (Phi) is 4.15. The molecule has 0 aromatic heterocycles. The number of ether oxygens (including phenoxy) is 1.